The van der Waals surface area contributed by atoms with E-state index < -0.39 is 0 Å². The minimum Gasteiger partial charge on any atom is -0.493 e. The van der Waals surface area contributed by atoms with Crippen LogP contribution in [0, 0.1) is 0 Å². The van der Waals surface area contributed by atoms with Crippen LogP contribution in [-0.4, -0.2) is 36.3 Å². The zero-order valence-corrected chi connectivity index (χ0v) is 14.5. The summed E-state index contributed by atoms with van der Waals surface area (Å²) in [5.41, 5.74) is 0.756. The molecule has 130 valence electrons. The molecule has 1 aromatic carbocycles. The Morgan fingerprint density at radius 1 is 1.29 bits per heavy atom. The van der Waals surface area contributed by atoms with Crippen LogP contribution >= 0.6 is 0 Å². The van der Waals surface area contributed by atoms with Gasteiger partial charge in [-0.25, -0.2) is 0 Å². The highest BCUT2D eigenvalue weighted by Crippen LogP contribution is 2.31. The van der Waals surface area contributed by atoms with Crippen molar-refractivity contribution >= 4 is 5.91 Å². The standard InChI is InChI=1S/C17H23N3O4/c1-5-11(2)18-15(21)8-9-16-19-17(20-24-16)12-6-7-13(22-3)14(10-12)23-4/h6-7,10-11H,5,8-9H2,1-4H3,(H,18,21). The summed E-state index contributed by atoms with van der Waals surface area (Å²) in [7, 11) is 3.15. The van der Waals surface area contributed by atoms with Gasteiger partial charge in [0.05, 0.1) is 14.2 Å². The number of rotatable bonds is 8. The predicted octanol–water partition coefficient (Wildman–Crippen LogP) is 2.60. The summed E-state index contributed by atoms with van der Waals surface area (Å²) in [5, 5.41) is 6.87. The summed E-state index contributed by atoms with van der Waals surface area (Å²) in [6.45, 7) is 4.00. The molecule has 0 aliphatic heterocycles. The maximum absolute atomic E-state index is 11.8. The Hall–Kier alpha value is -2.57. The SMILES string of the molecule is CCC(C)NC(=O)CCc1nc(-c2ccc(OC)c(OC)c2)no1. The van der Waals surface area contributed by atoms with E-state index in [9.17, 15) is 4.79 Å². The lowest BCUT2D eigenvalue weighted by molar-refractivity contribution is -0.121. The van der Waals surface area contributed by atoms with Crippen LogP contribution in [0.1, 0.15) is 32.6 Å². The van der Waals surface area contributed by atoms with Gasteiger partial charge in [-0.15, -0.1) is 0 Å². The Labute approximate surface area is 141 Å². The van der Waals surface area contributed by atoms with Crippen molar-refractivity contribution in [2.75, 3.05) is 14.2 Å². The Kier molecular flexibility index (Phi) is 6.17. The first-order valence-corrected chi connectivity index (χ1v) is 7.91. The summed E-state index contributed by atoms with van der Waals surface area (Å²) in [4.78, 5) is 16.1. The predicted molar refractivity (Wildman–Crippen MR) is 89.1 cm³/mol. The lowest BCUT2D eigenvalue weighted by atomic mass is 10.2. The molecule has 1 amide bonds. The van der Waals surface area contributed by atoms with Crippen LogP contribution in [0.15, 0.2) is 22.7 Å². The van der Waals surface area contributed by atoms with E-state index in [4.69, 9.17) is 14.0 Å². The van der Waals surface area contributed by atoms with Crippen molar-refractivity contribution in [3.05, 3.63) is 24.1 Å². The van der Waals surface area contributed by atoms with Crippen molar-refractivity contribution in [2.45, 2.75) is 39.2 Å². The van der Waals surface area contributed by atoms with E-state index in [0.29, 0.717) is 36.1 Å². The summed E-state index contributed by atoms with van der Waals surface area (Å²) in [6, 6.07) is 5.56. The highest BCUT2D eigenvalue weighted by molar-refractivity contribution is 5.76. The highest BCUT2D eigenvalue weighted by Gasteiger charge is 2.13. The van der Waals surface area contributed by atoms with Gasteiger partial charge in [-0.2, -0.15) is 4.98 Å². The van der Waals surface area contributed by atoms with Gasteiger partial charge < -0.3 is 19.3 Å². The number of hydrogen-bond donors (Lipinski definition) is 1. The minimum atomic E-state index is -0.0183. The van der Waals surface area contributed by atoms with Gasteiger partial charge in [-0.1, -0.05) is 12.1 Å². The molecule has 24 heavy (non-hydrogen) atoms. The fraction of sp³-hybridized carbons (Fsp3) is 0.471. The second-order valence-electron chi connectivity index (χ2n) is 5.46. The Morgan fingerprint density at radius 2 is 2.04 bits per heavy atom. The molecule has 1 unspecified atom stereocenters. The number of amides is 1. The number of aryl methyl sites for hydroxylation is 1. The van der Waals surface area contributed by atoms with E-state index in [2.05, 4.69) is 15.5 Å². The van der Waals surface area contributed by atoms with Crippen LogP contribution in [0.5, 0.6) is 11.5 Å². The first-order chi connectivity index (χ1) is 11.6. The molecule has 1 N–H and O–H groups in total. The van der Waals surface area contributed by atoms with Crippen LogP contribution < -0.4 is 14.8 Å². The molecule has 0 fully saturated rings. The van der Waals surface area contributed by atoms with E-state index >= 15 is 0 Å². The van der Waals surface area contributed by atoms with E-state index in [0.717, 1.165) is 12.0 Å². The van der Waals surface area contributed by atoms with E-state index in [1.54, 1.807) is 26.4 Å². The number of nitrogens with one attached hydrogen (secondary N) is 1. The van der Waals surface area contributed by atoms with Crippen molar-refractivity contribution < 1.29 is 18.8 Å². The van der Waals surface area contributed by atoms with Crippen molar-refractivity contribution in [1.82, 2.24) is 15.5 Å². The second kappa shape index (κ2) is 8.33. The van der Waals surface area contributed by atoms with Crippen LogP contribution in [0.25, 0.3) is 11.4 Å². The molecule has 0 aliphatic carbocycles. The summed E-state index contributed by atoms with van der Waals surface area (Å²) < 4.78 is 15.7. The molecule has 2 rings (SSSR count). The Morgan fingerprint density at radius 3 is 2.71 bits per heavy atom. The second-order valence-corrected chi connectivity index (χ2v) is 5.46. The third kappa shape index (κ3) is 4.47. The van der Waals surface area contributed by atoms with E-state index in [1.165, 1.54) is 0 Å². The number of ether oxygens (including phenoxy) is 2. The summed E-state index contributed by atoms with van der Waals surface area (Å²) in [6.07, 6.45) is 1.62. The molecule has 0 saturated carbocycles. The fourth-order valence-corrected chi connectivity index (χ4v) is 2.12. The smallest absolute Gasteiger partial charge is 0.227 e. The average Bonchev–Trinajstić information content (AvgIpc) is 3.08. The zero-order valence-electron chi connectivity index (χ0n) is 14.5. The highest BCUT2D eigenvalue weighted by atomic mass is 16.5. The summed E-state index contributed by atoms with van der Waals surface area (Å²) in [5.74, 6) is 2.09. The molecule has 1 atom stereocenters. The lowest BCUT2D eigenvalue weighted by Crippen LogP contribution is -2.32. The van der Waals surface area contributed by atoms with Gasteiger partial charge in [0.25, 0.3) is 0 Å². The number of carbonyl (C=O) groups excluding carboxylic acids is 1. The van der Waals surface area contributed by atoms with E-state index in [1.807, 2.05) is 19.9 Å². The van der Waals surface area contributed by atoms with Gasteiger partial charge in [0, 0.05) is 24.4 Å². The van der Waals surface area contributed by atoms with Crippen LogP contribution in [-0.2, 0) is 11.2 Å². The Bertz CT molecular complexity index is 684. The molecule has 0 saturated heterocycles. The number of benzene rings is 1. The number of aromatic nitrogens is 2. The maximum Gasteiger partial charge on any atom is 0.227 e. The van der Waals surface area contributed by atoms with Crippen molar-refractivity contribution in [3.8, 4) is 22.9 Å². The lowest BCUT2D eigenvalue weighted by Gasteiger charge is -2.10. The molecule has 0 aliphatic rings. The molecule has 2 aromatic rings. The fourth-order valence-electron chi connectivity index (χ4n) is 2.12. The van der Waals surface area contributed by atoms with Crippen LogP contribution in [0.4, 0.5) is 0 Å². The molecule has 0 spiro atoms. The minimum absolute atomic E-state index is 0.0183. The topological polar surface area (TPSA) is 86.5 Å². The first-order valence-electron chi connectivity index (χ1n) is 7.91. The quantitative estimate of drug-likeness (QED) is 0.799. The van der Waals surface area contributed by atoms with Crippen LogP contribution in [0.3, 0.4) is 0 Å². The van der Waals surface area contributed by atoms with E-state index in [-0.39, 0.29) is 11.9 Å². The molecular weight excluding hydrogens is 310 g/mol. The van der Waals surface area contributed by atoms with Crippen molar-refractivity contribution in [2.24, 2.45) is 0 Å². The third-order valence-electron chi connectivity index (χ3n) is 3.70. The molecule has 1 heterocycles. The third-order valence-corrected chi connectivity index (χ3v) is 3.70. The van der Waals surface area contributed by atoms with Crippen molar-refractivity contribution in [1.29, 1.82) is 0 Å². The monoisotopic (exact) mass is 333 g/mol. The molecule has 0 bridgehead atoms. The van der Waals surface area contributed by atoms with Gasteiger partial charge in [0.15, 0.2) is 11.5 Å². The van der Waals surface area contributed by atoms with Gasteiger partial charge in [0.1, 0.15) is 0 Å². The van der Waals surface area contributed by atoms with Crippen molar-refractivity contribution in [3.63, 3.8) is 0 Å². The normalized spacial score (nSPS) is 11.8. The zero-order chi connectivity index (χ0) is 17.5. The molecule has 0 radical (unpaired) electrons. The number of nitrogens with zero attached hydrogens (tertiary/aromatic N) is 2. The van der Waals surface area contributed by atoms with Gasteiger partial charge >= 0.3 is 0 Å². The number of hydrogen-bond acceptors (Lipinski definition) is 6. The molecule has 7 heteroatoms. The Balaban J connectivity index is 2.01. The maximum atomic E-state index is 11.8. The molecular formula is C17H23N3O4. The van der Waals surface area contributed by atoms with Crippen LogP contribution in [0.2, 0.25) is 0 Å². The van der Waals surface area contributed by atoms with Gasteiger partial charge in [-0.3, -0.25) is 4.79 Å². The molecule has 7 nitrogen and oxygen atoms in total. The van der Waals surface area contributed by atoms with Gasteiger partial charge in [-0.05, 0) is 31.5 Å². The average molecular weight is 333 g/mol. The summed E-state index contributed by atoms with van der Waals surface area (Å²) >= 11 is 0. The number of methoxy groups -OCH3 is 2. The first kappa shape index (κ1) is 17.8. The largest absolute Gasteiger partial charge is 0.493 e. The number of carbonyl (C=O) groups is 1. The van der Waals surface area contributed by atoms with Gasteiger partial charge in [0.2, 0.25) is 17.6 Å². The molecule has 1 aromatic heterocycles.